The summed E-state index contributed by atoms with van der Waals surface area (Å²) in [7, 11) is 2.74. The highest BCUT2D eigenvalue weighted by molar-refractivity contribution is 5.96. The van der Waals surface area contributed by atoms with E-state index >= 15 is 0 Å². The maximum absolute atomic E-state index is 13.7. The van der Waals surface area contributed by atoms with Crippen molar-refractivity contribution in [2.45, 2.75) is 25.7 Å². The van der Waals surface area contributed by atoms with E-state index in [1.165, 1.54) is 48.7 Å². The van der Waals surface area contributed by atoms with Crippen LogP contribution in [-0.2, 0) is 22.2 Å². The van der Waals surface area contributed by atoms with Crippen molar-refractivity contribution in [1.29, 1.82) is 0 Å². The molecule has 33 heavy (non-hydrogen) atoms. The Kier molecular flexibility index (Phi) is 7.48. The van der Waals surface area contributed by atoms with Crippen LogP contribution in [0, 0.1) is 0 Å². The van der Waals surface area contributed by atoms with Gasteiger partial charge in [0.05, 0.1) is 38.2 Å². The minimum absolute atomic E-state index is 0.00980. The Morgan fingerprint density at radius 1 is 1.18 bits per heavy atom. The summed E-state index contributed by atoms with van der Waals surface area (Å²) in [4.78, 5) is 17.3. The van der Waals surface area contributed by atoms with E-state index < -0.39 is 23.6 Å². The predicted octanol–water partition coefficient (Wildman–Crippen LogP) is 3.77. The summed E-state index contributed by atoms with van der Waals surface area (Å²) < 4.78 is 56.4. The molecule has 2 aromatic heterocycles. The number of aromatic nitrogens is 4. The lowest BCUT2D eigenvalue weighted by atomic mass is 10.1. The van der Waals surface area contributed by atoms with Crippen molar-refractivity contribution in [3.63, 3.8) is 0 Å². The predicted molar refractivity (Wildman–Crippen MR) is 111 cm³/mol. The molecule has 12 heteroatoms. The van der Waals surface area contributed by atoms with Gasteiger partial charge >= 0.3 is 12.1 Å². The van der Waals surface area contributed by atoms with Gasteiger partial charge in [-0.2, -0.15) is 28.2 Å². The van der Waals surface area contributed by atoms with E-state index in [4.69, 9.17) is 14.2 Å². The molecule has 1 N–H and O–H groups in total. The lowest BCUT2D eigenvalue weighted by molar-refractivity contribution is -0.138. The van der Waals surface area contributed by atoms with Gasteiger partial charge in [0, 0.05) is 25.0 Å². The minimum Gasteiger partial charge on any atom is -0.465 e. The van der Waals surface area contributed by atoms with Gasteiger partial charge < -0.3 is 19.5 Å². The van der Waals surface area contributed by atoms with E-state index in [1.54, 1.807) is 7.11 Å². The number of benzene rings is 1. The molecule has 0 radical (unpaired) electrons. The van der Waals surface area contributed by atoms with Crippen LogP contribution in [0.3, 0.4) is 0 Å². The van der Waals surface area contributed by atoms with E-state index in [0.29, 0.717) is 12.3 Å². The Morgan fingerprint density at radius 2 is 1.91 bits per heavy atom. The molecule has 0 bridgehead atoms. The third kappa shape index (κ3) is 6.19. The zero-order valence-electron chi connectivity index (χ0n) is 18.1. The highest BCUT2D eigenvalue weighted by Gasteiger charge is 2.36. The van der Waals surface area contributed by atoms with Crippen LogP contribution in [0.25, 0.3) is 0 Å². The molecule has 0 aliphatic carbocycles. The van der Waals surface area contributed by atoms with Crippen molar-refractivity contribution in [2.24, 2.45) is 0 Å². The molecular weight excluding hydrogens is 443 g/mol. The van der Waals surface area contributed by atoms with Gasteiger partial charge in [0.1, 0.15) is 11.3 Å². The first-order valence-corrected chi connectivity index (χ1v) is 9.77. The molecule has 9 nitrogen and oxygen atoms in total. The van der Waals surface area contributed by atoms with Gasteiger partial charge in [0.2, 0.25) is 5.88 Å². The summed E-state index contributed by atoms with van der Waals surface area (Å²) >= 11 is 0. The van der Waals surface area contributed by atoms with Crippen molar-refractivity contribution in [3.8, 4) is 11.6 Å². The van der Waals surface area contributed by atoms with Crippen molar-refractivity contribution >= 4 is 11.7 Å². The first-order chi connectivity index (χ1) is 15.7. The molecule has 0 spiro atoms. The molecule has 0 amide bonds. The maximum Gasteiger partial charge on any atom is 0.421 e. The Bertz CT molecular complexity index is 1090. The third-order valence-corrected chi connectivity index (χ3v) is 4.43. The number of pyridine rings is 1. The van der Waals surface area contributed by atoms with Crippen LogP contribution in [0.1, 0.15) is 28.4 Å². The van der Waals surface area contributed by atoms with Gasteiger partial charge in [-0.3, -0.25) is 0 Å². The number of esters is 1. The number of anilines is 1. The van der Waals surface area contributed by atoms with E-state index in [1.807, 2.05) is 6.92 Å². The second-order valence-electron chi connectivity index (χ2n) is 7.06. The van der Waals surface area contributed by atoms with Crippen LogP contribution < -0.4 is 10.1 Å². The average Bonchev–Trinajstić information content (AvgIpc) is 3.27. The van der Waals surface area contributed by atoms with Crippen LogP contribution in [0.4, 0.5) is 18.9 Å². The van der Waals surface area contributed by atoms with Crippen molar-refractivity contribution < 1.29 is 32.2 Å². The first-order valence-electron chi connectivity index (χ1n) is 9.77. The summed E-state index contributed by atoms with van der Waals surface area (Å²) in [6.07, 6.45) is -0.637. The number of ether oxygens (including phenoxy) is 3. The van der Waals surface area contributed by atoms with E-state index in [-0.39, 0.29) is 29.5 Å². The summed E-state index contributed by atoms with van der Waals surface area (Å²) in [5.41, 5.74) is -0.312. The van der Waals surface area contributed by atoms with Crippen molar-refractivity contribution in [3.05, 3.63) is 59.5 Å². The SMILES string of the molecule is COC[C@H](C)Nc1ccc(Oc2ncc(Cn3nccn3)cc2C(F)(F)F)cc1C(=O)OC. The van der Waals surface area contributed by atoms with E-state index in [2.05, 4.69) is 20.5 Å². The Balaban J connectivity index is 1.91. The second-order valence-corrected chi connectivity index (χ2v) is 7.06. The van der Waals surface area contributed by atoms with Crippen LogP contribution >= 0.6 is 0 Å². The van der Waals surface area contributed by atoms with Crippen molar-refractivity contribution in [2.75, 3.05) is 26.1 Å². The number of nitrogens with zero attached hydrogens (tertiary/aromatic N) is 4. The Labute approximate surface area is 187 Å². The van der Waals surface area contributed by atoms with Crippen LogP contribution in [0.2, 0.25) is 0 Å². The zero-order valence-corrected chi connectivity index (χ0v) is 18.1. The van der Waals surface area contributed by atoms with Gasteiger partial charge in [-0.25, -0.2) is 9.78 Å². The summed E-state index contributed by atoms with van der Waals surface area (Å²) in [5.74, 6) is -1.34. The van der Waals surface area contributed by atoms with Gasteiger partial charge in [-0.15, -0.1) is 0 Å². The van der Waals surface area contributed by atoms with Crippen LogP contribution in [0.5, 0.6) is 11.6 Å². The topological polar surface area (TPSA) is 100 Å². The molecule has 0 fully saturated rings. The summed E-state index contributed by atoms with van der Waals surface area (Å²) in [6, 6.07) is 5.02. The smallest absolute Gasteiger partial charge is 0.421 e. The molecule has 1 aromatic carbocycles. The first kappa shape index (κ1) is 24.0. The fourth-order valence-corrected chi connectivity index (χ4v) is 3.01. The Morgan fingerprint density at radius 3 is 2.55 bits per heavy atom. The molecule has 0 saturated heterocycles. The maximum atomic E-state index is 13.7. The Hall–Kier alpha value is -3.67. The normalized spacial score (nSPS) is 12.3. The molecule has 1 atom stereocenters. The van der Waals surface area contributed by atoms with E-state index in [0.717, 1.165) is 6.07 Å². The largest absolute Gasteiger partial charge is 0.465 e. The lowest BCUT2D eigenvalue weighted by Gasteiger charge is -2.18. The van der Waals surface area contributed by atoms with Gasteiger partial charge in [0.25, 0.3) is 0 Å². The summed E-state index contributed by atoms with van der Waals surface area (Å²) in [5, 5.41) is 10.8. The molecule has 0 aliphatic rings. The quantitative estimate of drug-likeness (QED) is 0.477. The molecule has 3 rings (SSSR count). The number of rotatable bonds is 9. The number of carbonyl (C=O) groups is 1. The highest BCUT2D eigenvalue weighted by atomic mass is 19.4. The highest BCUT2D eigenvalue weighted by Crippen LogP contribution is 2.38. The number of halogens is 3. The number of carbonyl (C=O) groups excluding carboxylic acids is 1. The number of methoxy groups -OCH3 is 2. The van der Waals surface area contributed by atoms with Crippen LogP contribution in [0.15, 0.2) is 42.9 Å². The van der Waals surface area contributed by atoms with Gasteiger partial charge in [-0.1, -0.05) is 0 Å². The standard InChI is InChI=1S/C21H22F3N5O4/c1-13(12-31-2)28-18-5-4-15(9-16(18)20(30)32-3)33-19-17(21(22,23)24)8-14(10-25-19)11-29-26-6-7-27-29/h4-10,13,28H,11-12H2,1-3H3/t13-/m0/s1. The zero-order chi connectivity index (χ0) is 24.0. The number of nitrogens with one attached hydrogen (secondary N) is 1. The fraction of sp³-hybridized carbons (Fsp3) is 0.333. The third-order valence-electron chi connectivity index (χ3n) is 4.43. The molecule has 0 aliphatic heterocycles. The average molecular weight is 465 g/mol. The monoisotopic (exact) mass is 465 g/mol. The van der Waals surface area contributed by atoms with Gasteiger partial charge in [-0.05, 0) is 36.8 Å². The molecule has 176 valence electrons. The molecular formula is C21H22F3N5O4. The molecule has 0 unspecified atom stereocenters. The second kappa shape index (κ2) is 10.3. The number of alkyl halides is 3. The number of hydrogen-bond acceptors (Lipinski definition) is 8. The lowest BCUT2D eigenvalue weighted by Crippen LogP contribution is -2.22. The van der Waals surface area contributed by atoms with Gasteiger partial charge in [0.15, 0.2) is 0 Å². The summed E-state index contributed by atoms with van der Waals surface area (Å²) in [6.45, 7) is 2.23. The number of hydrogen-bond donors (Lipinski definition) is 1. The molecule has 0 saturated carbocycles. The minimum atomic E-state index is -4.72. The van der Waals surface area contributed by atoms with Crippen LogP contribution in [-0.4, -0.2) is 52.8 Å². The molecule has 3 aromatic rings. The van der Waals surface area contributed by atoms with Crippen molar-refractivity contribution in [1.82, 2.24) is 20.0 Å². The molecule has 2 heterocycles. The fourth-order valence-electron chi connectivity index (χ4n) is 3.01. The van der Waals surface area contributed by atoms with E-state index in [9.17, 15) is 18.0 Å².